The van der Waals surface area contributed by atoms with Crippen LogP contribution in [0.4, 0.5) is 23.0 Å². The maximum Gasteiger partial charge on any atom is 0.238 e. The fraction of sp³-hybridized carbons (Fsp3) is 0.320. The summed E-state index contributed by atoms with van der Waals surface area (Å²) in [4.78, 5) is 33.6. The molecule has 3 aromatic heterocycles. The number of aryl methyl sites for hydroxylation is 1. The van der Waals surface area contributed by atoms with Crippen LogP contribution in [0.5, 0.6) is 5.75 Å². The van der Waals surface area contributed by atoms with Gasteiger partial charge < -0.3 is 25.2 Å². The summed E-state index contributed by atoms with van der Waals surface area (Å²) >= 11 is 0. The molecule has 0 aliphatic rings. The van der Waals surface area contributed by atoms with Gasteiger partial charge in [-0.15, -0.1) is 0 Å². The molecule has 4 rings (SSSR count). The Labute approximate surface area is 210 Å². The van der Waals surface area contributed by atoms with Crippen molar-refractivity contribution >= 4 is 39.8 Å². The van der Waals surface area contributed by atoms with E-state index in [0.29, 0.717) is 29.0 Å². The lowest BCUT2D eigenvalue weighted by molar-refractivity contribution is -0.114. The normalized spacial score (nSPS) is 11.1. The van der Waals surface area contributed by atoms with Gasteiger partial charge in [0.05, 0.1) is 29.7 Å². The number of nitrogens with zero attached hydrogens (tertiary/aromatic N) is 7. The number of hydrogen-bond acceptors (Lipinski definition) is 9. The third-order valence-electron chi connectivity index (χ3n) is 5.75. The molecule has 0 aliphatic heterocycles. The molecule has 11 nitrogen and oxygen atoms in total. The predicted molar refractivity (Wildman–Crippen MR) is 142 cm³/mol. The molecule has 0 spiro atoms. The van der Waals surface area contributed by atoms with Crippen LogP contribution in [0.3, 0.4) is 0 Å². The summed E-state index contributed by atoms with van der Waals surface area (Å²) in [6, 6.07) is 5.64. The molecule has 188 valence electrons. The number of carbonyl (C=O) groups excluding carboxylic acids is 1. The van der Waals surface area contributed by atoms with Gasteiger partial charge in [0.25, 0.3) is 0 Å². The lowest BCUT2D eigenvalue weighted by Gasteiger charge is -2.25. The van der Waals surface area contributed by atoms with Gasteiger partial charge in [0.1, 0.15) is 12.1 Å². The highest BCUT2D eigenvalue weighted by molar-refractivity contribution is 5.95. The van der Waals surface area contributed by atoms with Crippen molar-refractivity contribution < 1.29 is 9.53 Å². The lowest BCUT2D eigenvalue weighted by Crippen LogP contribution is -2.29. The second-order valence-electron chi connectivity index (χ2n) is 8.78. The number of anilines is 4. The van der Waals surface area contributed by atoms with Gasteiger partial charge in [-0.1, -0.05) is 0 Å². The van der Waals surface area contributed by atoms with Gasteiger partial charge in [0.15, 0.2) is 0 Å². The maximum atomic E-state index is 12.0. The summed E-state index contributed by atoms with van der Waals surface area (Å²) in [6.45, 7) is 5.13. The molecule has 0 aliphatic carbocycles. The van der Waals surface area contributed by atoms with Crippen molar-refractivity contribution in [3.63, 3.8) is 0 Å². The van der Waals surface area contributed by atoms with Crippen LogP contribution in [-0.4, -0.2) is 76.7 Å². The van der Waals surface area contributed by atoms with Gasteiger partial charge in [-0.05, 0) is 38.7 Å². The van der Waals surface area contributed by atoms with E-state index in [0.717, 1.165) is 35.2 Å². The monoisotopic (exact) mass is 489 g/mol. The minimum atomic E-state index is -0.167. The van der Waals surface area contributed by atoms with Crippen LogP contribution >= 0.6 is 0 Å². The number of benzene rings is 1. The fourth-order valence-electron chi connectivity index (χ4n) is 3.90. The molecular formula is C25H31N9O2. The third-order valence-corrected chi connectivity index (χ3v) is 5.75. The Hall–Kier alpha value is -4.25. The van der Waals surface area contributed by atoms with Crippen molar-refractivity contribution in [2.45, 2.75) is 13.8 Å². The predicted octanol–water partition coefficient (Wildman–Crippen LogP) is 3.23. The Morgan fingerprint density at radius 1 is 1.14 bits per heavy atom. The van der Waals surface area contributed by atoms with Crippen molar-refractivity contribution in [3.8, 4) is 11.7 Å². The van der Waals surface area contributed by atoms with Crippen LogP contribution in [0.15, 0.2) is 43.1 Å². The quantitative estimate of drug-likeness (QED) is 0.366. The molecule has 0 saturated heterocycles. The fourth-order valence-corrected chi connectivity index (χ4v) is 3.90. The largest absolute Gasteiger partial charge is 0.494 e. The van der Waals surface area contributed by atoms with Crippen LogP contribution < -0.4 is 20.3 Å². The van der Waals surface area contributed by atoms with Gasteiger partial charge in [0, 0.05) is 57.1 Å². The smallest absolute Gasteiger partial charge is 0.238 e. The van der Waals surface area contributed by atoms with E-state index in [-0.39, 0.29) is 5.91 Å². The number of nitrogens with one attached hydrogen (secondary N) is 2. The average Bonchev–Trinajstić information content (AvgIpc) is 3.19. The van der Waals surface area contributed by atoms with Gasteiger partial charge in [-0.3, -0.25) is 14.3 Å². The van der Waals surface area contributed by atoms with E-state index in [1.165, 1.54) is 13.3 Å². The van der Waals surface area contributed by atoms with Crippen LogP contribution in [0, 0.1) is 6.92 Å². The minimum Gasteiger partial charge on any atom is -0.494 e. The summed E-state index contributed by atoms with van der Waals surface area (Å²) < 4.78 is 7.58. The Morgan fingerprint density at radius 3 is 2.67 bits per heavy atom. The Morgan fingerprint density at radius 2 is 1.94 bits per heavy atom. The average molecular weight is 490 g/mol. The summed E-state index contributed by atoms with van der Waals surface area (Å²) in [5.41, 5.74) is 4.13. The highest BCUT2D eigenvalue weighted by atomic mass is 16.5. The molecule has 0 bridgehead atoms. The number of methoxy groups -OCH3 is 1. The molecule has 3 heterocycles. The lowest BCUT2D eigenvalue weighted by atomic mass is 10.2. The standard InChI is InChI=1S/C25H31N9O2/c1-16-14-34(21-7-8-26-13-18(16)21)25-28-15-27-24(31-25)30-20-11-19(29-17(2)35)22(12-23(20)36-6)33(5)10-9-32(3)4/h7-8,11-15H,9-10H2,1-6H3,(H,29,35)(H,27,28,30,31). The van der Waals surface area contributed by atoms with Gasteiger partial charge in [0.2, 0.25) is 17.8 Å². The summed E-state index contributed by atoms with van der Waals surface area (Å²) in [5, 5.41) is 7.18. The molecule has 1 aromatic carbocycles. The van der Waals surface area contributed by atoms with Gasteiger partial charge >= 0.3 is 0 Å². The van der Waals surface area contributed by atoms with E-state index in [1.54, 1.807) is 13.3 Å². The molecule has 0 saturated carbocycles. The van der Waals surface area contributed by atoms with Gasteiger partial charge in [-0.25, -0.2) is 9.97 Å². The van der Waals surface area contributed by atoms with Gasteiger partial charge in [-0.2, -0.15) is 4.98 Å². The molecule has 0 atom stereocenters. The molecule has 4 aromatic rings. The SMILES string of the molecule is COc1cc(N(C)CCN(C)C)c(NC(C)=O)cc1Nc1ncnc(-n2cc(C)c3cnccc32)n1. The molecule has 36 heavy (non-hydrogen) atoms. The number of likely N-dealkylation sites (N-methyl/N-ethyl adjacent to an activating group) is 2. The first kappa shape index (κ1) is 24.9. The van der Waals surface area contributed by atoms with E-state index in [1.807, 2.05) is 63.2 Å². The summed E-state index contributed by atoms with van der Waals surface area (Å²) in [5.74, 6) is 1.23. The van der Waals surface area contributed by atoms with E-state index in [4.69, 9.17) is 4.74 Å². The Balaban J connectivity index is 1.70. The zero-order valence-electron chi connectivity index (χ0n) is 21.4. The maximum absolute atomic E-state index is 12.0. The number of pyridine rings is 1. The van der Waals surface area contributed by atoms with Crippen LogP contribution in [0.1, 0.15) is 12.5 Å². The summed E-state index contributed by atoms with van der Waals surface area (Å²) in [6.07, 6.45) is 6.99. The van der Waals surface area contributed by atoms with E-state index in [2.05, 4.69) is 40.4 Å². The molecular weight excluding hydrogens is 458 g/mol. The zero-order chi connectivity index (χ0) is 25.8. The number of hydrogen-bond donors (Lipinski definition) is 2. The van der Waals surface area contributed by atoms with Crippen molar-refractivity contribution in [1.29, 1.82) is 0 Å². The molecule has 0 unspecified atom stereocenters. The summed E-state index contributed by atoms with van der Waals surface area (Å²) in [7, 11) is 7.62. The van der Waals surface area contributed by atoms with Crippen LogP contribution in [-0.2, 0) is 4.79 Å². The van der Waals surface area contributed by atoms with Crippen LogP contribution in [0.25, 0.3) is 16.9 Å². The number of aromatic nitrogens is 5. The number of ether oxygens (including phenoxy) is 1. The van der Waals surface area contributed by atoms with Crippen LogP contribution in [0.2, 0.25) is 0 Å². The highest BCUT2D eigenvalue weighted by Gasteiger charge is 2.17. The second-order valence-corrected chi connectivity index (χ2v) is 8.78. The van der Waals surface area contributed by atoms with E-state index in [9.17, 15) is 4.79 Å². The van der Waals surface area contributed by atoms with E-state index < -0.39 is 0 Å². The van der Waals surface area contributed by atoms with E-state index >= 15 is 0 Å². The number of amides is 1. The highest BCUT2D eigenvalue weighted by Crippen LogP contribution is 2.38. The van der Waals surface area contributed by atoms with Crippen molar-refractivity contribution in [1.82, 2.24) is 29.4 Å². The zero-order valence-corrected chi connectivity index (χ0v) is 21.4. The topological polar surface area (TPSA) is 113 Å². The second kappa shape index (κ2) is 10.6. The van der Waals surface area contributed by atoms with Crippen molar-refractivity contribution in [3.05, 3.63) is 48.7 Å². The Kier molecular flexibility index (Phi) is 7.30. The number of fused-ring (bicyclic) bond motifs is 1. The molecule has 1 amide bonds. The molecule has 11 heteroatoms. The number of carbonyl (C=O) groups is 1. The molecule has 0 radical (unpaired) electrons. The van der Waals surface area contributed by atoms with Crippen molar-refractivity contribution in [2.75, 3.05) is 56.9 Å². The molecule has 2 N–H and O–H groups in total. The first-order chi connectivity index (χ1) is 17.3. The molecule has 0 fully saturated rings. The first-order valence-corrected chi connectivity index (χ1v) is 11.5. The third kappa shape index (κ3) is 5.36. The first-order valence-electron chi connectivity index (χ1n) is 11.5. The van der Waals surface area contributed by atoms with Crippen molar-refractivity contribution in [2.24, 2.45) is 0 Å². The Bertz CT molecular complexity index is 1380. The minimum absolute atomic E-state index is 0.167. The number of rotatable bonds is 9.